The van der Waals surface area contributed by atoms with Crippen LogP contribution in [0.2, 0.25) is 0 Å². The average Bonchev–Trinajstić information content (AvgIpc) is 2.64. The summed E-state index contributed by atoms with van der Waals surface area (Å²) in [5.41, 5.74) is 3.25. The molecule has 0 amide bonds. The third kappa shape index (κ3) is 1.78. The van der Waals surface area contributed by atoms with Gasteiger partial charge in [-0.25, -0.2) is 9.07 Å². The molecule has 0 aliphatic rings. The summed E-state index contributed by atoms with van der Waals surface area (Å²) in [6.45, 7) is 3.26. The first-order valence-corrected chi connectivity index (χ1v) is 5.02. The van der Waals surface area contributed by atoms with Crippen LogP contribution >= 0.6 is 0 Å². The highest BCUT2D eigenvalue weighted by Gasteiger charge is 2.08. The van der Waals surface area contributed by atoms with Crippen molar-refractivity contribution in [2.45, 2.75) is 20.5 Å². The van der Waals surface area contributed by atoms with Crippen molar-refractivity contribution < 1.29 is 9.50 Å². The van der Waals surface area contributed by atoms with Crippen molar-refractivity contribution in [2.24, 2.45) is 0 Å². The normalized spacial score (nSPS) is 10.7. The predicted octanol–water partition coefficient (Wildman–Crippen LogP) is 2.66. The standard InChI is InChI=1S/C12H13FN2O/c1-8-3-11(16)4-9(2)12(8)15-7-10(5-13)6-14-15/h3-4,6-7,16H,5H2,1-2H3. The van der Waals surface area contributed by atoms with E-state index in [1.54, 1.807) is 23.0 Å². The van der Waals surface area contributed by atoms with Crippen molar-refractivity contribution in [3.8, 4) is 11.4 Å². The van der Waals surface area contributed by atoms with Crippen molar-refractivity contribution >= 4 is 0 Å². The van der Waals surface area contributed by atoms with E-state index in [0.29, 0.717) is 5.56 Å². The topological polar surface area (TPSA) is 38.0 Å². The number of hydrogen-bond acceptors (Lipinski definition) is 2. The zero-order chi connectivity index (χ0) is 11.7. The molecule has 0 spiro atoms. The van der Waals surface area contributed by atoms with Gasteiger partial charge >= 0.3 is 0 Å². The van der Waals surface area contributed by atoms with Gasteiger partial charge in [0, 0.05) is 11.8 Å². The highest BCUT2D eigenvalue weighted by Crippen LogP contribution is 2.24. The Labute approximate surface area is 93.2 Å². The molecule has 0 unspecified atom stereocenters. The van der Waals surface area contributed by atoms with E-state index in [2.05, 4.69) is 5.10 Å². The van der Waals surface area contributed by atoms with E-state index < -0.39 is 6.67 Å². The first kappa shape index (κ1) is 10.7. The van der Waals surface area contributed by atoms with Crippen LogP contribution in [0.4, 0.5) is 4.39 Å². The summed E-state index contributed by atoms with van der Waals surface area (Å²) in [4.78, 5) is 0. The van der Waals surface area contributed by atoms with Crippen LogP contribution in [0.25, 0.3) is 5.69 Å². The predicted molar refractivity (Wildman–Crippen MR) is 59.5 cm³/mol. The maximum Gasteiger partial charge on any atom is 0.118 e. The van der Waals surface area contributed by atoms with Gasteiger partial charge in [0.1, 0.15) is 12.4 Å². The Kier molecular flexibility index (Phi) is 2.64. The number of rotatable bonds is 2. The second-order valence-corrected chi connectivity index (χ2v) is 3.85. The Balaban J connectivity index is 2.55. The molecular formula is C12H13FN2O. The Bertz CT molecular complexity index is 496. The molecule has 0 fully saturated rings. The number of aromatic hydroxyl groups is 1. The smallest absolute Gasteiger partial charge is 0.118 e. The summed E-state index contributed by atoms with van der Waals surface area (Å²) in [6, 6.07) is 3.33. The zero-order valence-electron chi connectivity index (χ0n) is 9.24. The quantitative estimate of drug-likeness (QED) is 0.844. The molecular weight excluding hydrogens is 207 g/mol. The lowest BCUT2D eigenvalue weighted by molar-refractivity contribution is 0.474. The maximum atomic E-state index is 12.4. The third-order valence-electron chi connectivity index (χ3n) is 2.50. The number of hydrogen-bond donors (Lipinski definition) is 1. The number of aromatic nitrogens is 2. The van der Waals surface area contributed by atoms with Crippen molar-refractivity contribution in [1.82, 2.24) is 9.78 Å². The minimum atomic E-state index is -0.518. The van der Waals surface area contributed by atoms with Crippen LogP contribution in [0, 0.1) is 13.8 Å². The minimum Gasteiger partial charge on any atom is -0.508 e. The van der Waals surface area contributed by atoms with Crippen LogP contribution in [0.5, 0.6) is 5.75 Å². The van der Waals surface area contributed by atoms with Crippen molar-refractivity contribution in [1.29, 1.82) is 0 Å². The van der Waals surface area contributed by atoms with Gasteiger partial charge in [0.05, 0.1) is 11.9 Å². The van der Waals surface area contributed by atoms with E-state index in [1.165, 1.54) is 6.20 Å². The number of alkyl halides is 1. The van der Waals surface area contributed by atoms with E-state index in [-0.39, 0.29) is 5.75 Å². The van der Waals surface area contributed by atoms with Gasteiger partial charge in [-0.3, -0.25) is 0 Å². The summed E-state index contributed by atoms with van der Waals surface area (Å²) in [7, 11) is 0. The maximum absolute atomic E-state index is 12.4. The number of halogens is 1. The largest absolute Gasteiger partial charge is 0.508 e. The molecule has 4 heteroatoms. The van der Waals surface area contributed by atoms with Crippen LogP contribution in [-0.2, 0) is 6.67 Å². The Morgan fingerprint density at radius 2 is 1.94 bits per heavy atom. The van der Waals surface area contributed by atoms with Gasteiger partial charge in [-0.15, -0.1) is 0 Å². The number of aryl methyl sites for hydroxylation is 2. The molecule has 0 aliphatic heterocycles. The Morgan fingerprint density at radius 3 is 2.44 bits per heavy atom. The molecule has 1 aromatic carbocycles. The summed E-state index contributed by atoms with van der Waals surface area (Å²) in [5.74, 6) is 0.233. The van der Waals surface area contributed by atoms with E-state index in [4.69, 9.17) is 0 Å². The molecule has 2 aromatic rings. The lowest BCUT2D eigenvalue weighted by Crippen LogP contribution is -2.00. The third-order valence-corrected chi connectivity index (χ3v) is 2.50. The number of phenols is 1. The molecule has 0 saturated carbocycles. The highest BCUT2D eigenvalue weighted by atomic mass is 19.1. The molecule has 3 nitrogen and oxygen atoms in total. The number of benzene rings is 1. The molecule has 0 atom stereocenters. The van der Waals surface area contributed by atoms with Gasteiger partial charge in [-0.05, 0) is 37.1 Å². The molecule has 1 heterocycles. The van der Waals surface area contributed by atoms with Gasteiger partial charge in [0.2, 0.25) is 0 Å². The summed E-state index contributed by atoms with van der Waals surface area (Å²) >= 11 is 0. The molecule has 0 saturated heterocycles. The Hall–Kier alpha value is -1.84. The molecule has 1 aromatic heterocycles. The average molecular weight is 220 g/mol. The zero-order valence-corrected chi connectivity index (χ0v) is 9.24. The first-order valence-electron chi connectivity index (χ1n) is 5.02. The van der Waals surface area contributed by atoms with Gasteiger partial charge < -0.3 is 5.11 Å². The lowest BCUT2D eigenvalue weighted by atomic mass is 10.1. The Morgan fingerprint density at radius 1 is 1.31 bits per heavy atom. The van der Waals surface area contributed by atoms with Crippen molar-refractivity contribution in [3.63, 3.8) is 0 Å². The van der Waals surface area contributed by atoms with Gasteiger partial charge in [0.15, 0.2) is 0 Å². The van der Waals surface area contributed by atoms with Gasteiger partial charge in [-0.1, -0.05) is 0 Å². The minimum absolute atomic E-state index is 0.233. The molecule has 84 valence electrons. The summed E-state index contributed by atoms with van der Waals surface area (Å²) in [5, 5.41) is 13.5. The van der Waals surface area contributed by atoms with Crippen LogP contribution < -0.4 is 0 Å². The molecule has 0 radical (unpaired) electrons. The van der Waals surface area contributed by atoms with Crippen LogP contribution in [0.1, 0.15) is 16.7 Å². The summed E-state index contributed by atoms with van der Waals surface area (Å²) in [6.07, 6.45) is 3.16. The van der Waals surface area contributed by atoms with Crippen molar-refractivity contribution in [3.05, 3.63) is 41.2 Å². The molecule has 16 heavy (non-hydrogen) atoms. The van der Waals surface area contributed by atoms with Crippen molar-refractivity contribution in [2.75, 3.05) is 0 Å². The SMILES string of the molecule is Cc1cc(O)cc(C)c1-n1cc(CF)cn1. The van der Waals surface area contributed by atoms with Crippen LogP contribution in [0.15, 0.2) is 24.5 Å². The van der Waals surface area contributed by atoms with Crippen LogP contribution in [0.3, 0.4) is 0 Å². The second kappa shape index (κ2) is 3.96. The van der Waals surface area contributed by atoms with E-state index in [0.717, 1.165) is 16.8 Å². The fourth-order valence-electron chi connectivity index (χ4n) is 1.85. The molecule has 1 N–H and O–H groups in total. The van der Waals surface area contributed by atoms with E-state index >= 15 is 0 Å². The molecule has 2 rings (SSSR count). The van der Waals surface area contributed by atoms with Gasteiger partial charge in [0.25, 0.3) is 0 Å². The number of nitrogens with zero attached hydrogens (tertiary/aromatic N) is 2. The summed E-state index contributed by atoms with van der Waals surface area (Å²) < 4.78 is 14.1. The molecule has 0 aliphatic carbocycles. The van der Waals surface area contributed by atoms with Crippen LogP contribution in [-0.4, -0.2) is 14.9 Å². The lowest BCUT2D eigenvalue weighted by Gasteiger charge is -2.10. The van der Waals surface area contributed by atoms with E-state index in [1.807, 2.05) is 13.8 Å². The molecule has 0 bridgehead atoms. The van der Waals surface area contributed by atoms with E-state index in [9.17, 15) is 9.50 Å². The highest BCUT2D eigenvalue weighted by molar-refractivity contribution is 5.50. The monoisotopic (exact) mass is 220 g/mol. The fraction of sp³-hybridized carbons (Fsp3) is 0.250. The second-order valence-electron chi connectivity index (χ2n) is 3.85. The fourth-order valence-corrected chi connectivity index (χ4v) is 1.85. The van der Waals surface area contributed by atoms with Gasteiger partial charge in [-0.2, -0.15) is 5.10 Å². The first-order chi connectivity index (χ1) is 7.61. The number of phenolic OH excluding ortho intramolecular Hbond substituents is 1.